The number of rotatable bonds is 6. The molecule has 2 aromatic carbocycles. The van der Waals surface area contributed by atoms with Crippen molar-refractivity contribution in [3.05, 3.63) is 65.7 Å². The number of phenolic OH excluding ortho intramolecular Hbond substituents is 1. The quantitative estimate of drug-likeness (QED) is 0.844. The van der Waals surface area contributed by atoms with Gasteiger partial charge in [-0.3, -0.25) is 4.79 Å². The number of aromatic hydroxyl groups is 1. The van der Waals surface area contributed by atoms with Gasteiger partial charge in [-0.25, -0.2) is 0 Å². The van der Waals surface area contributed by atoms with Gasteiger partial charge in [-0.15, -0.1) is 12.4 Å². The van der Waals surface area contributed by atoms with Crippen LogP contribution in [0.15, 0.2) is 54.6 Å². The molecule has 2 N–H and O–H groups in total. The van der Waals surface area contributed by atoms with Crippen LogP contribution in [0.4, 0.5) is 0 Å². The first kappa shape index (κ1) is 18.3. The number of halogens is 1. The summed E-state index contributed by atoms with van der Waals surface area (Å²) in [4.78, 5) is 13.9. The molecule has 1 heterocycles. The first-order valence-corrected chi connectivity index (χ1v) is 8.07. The second-order valence-corrected chi connectivity index (χ2v) is 5.92. The molecule has 0 radical (unpaired) electrons. The van der Waals surface area contributed by atoms with Gasteiger partial charge in [0.15, 0.2) is 0 Å². The minimum Gasteiger partial charge on any atom is -0.508 e. The minimum absolute atomic E-state index is 0. The first-order valence-electron chi connectivity index (χ1n) is 8.07. The third kappa shape index (κ3) is 4.49. The van der Waals surface area contributed by atoms with Crippen molar-refractivity contribution in [2.75, 3.05) is 13.1 Å². The molecule has 2 aromatic rings. The first-order chi connectivity index (χ1) is 11.2. The van der Waals surface area contributed by atoms with Crippen LogP contribution in [0.5, 0.6) is 5.75 Å². The van der Waals surface area contributed by atoms with Gasteiger partial charge in [0, 0.05) is 31.6 Å². The van der Waals surface area contributed by atoms with Gasteiger partial charge in [0.05, 0.1) is 6.04 Å². The molecule has 1 atom stereocenters. The lowest BCUT2D eigenvalue weighted by molar-refractivity contribution is -0.128. The van der Waals surface area contributed by atoms with Gasteiger partial charge in [-0.05, 0) is 18.1 Å². The number of likely N-dealkylation sites (tertiary alicyclic amines) is 1. The fourth-order valence-electron chi connectivity index (χ4n) is 2.98. The van der Waals surface area contributed by atoms with Crippen LogP contribution in [0.3, 0.4) is 0 Å². The lowest BCUT2D eigenvalue weighted by atomic mass is 10.1. The summed E-state index contributed by atoms with van der Waals surface area (Å²) in [5.74, 6) is 0.527. The van der Waals surface area contributed by atoms with Gasteiger partial charge in [0.1, 0.15) is 5.75 Å². The van der Waals surface area contributed by atoms with Crippen LogP contribution < -0.4 is 5.32 Å². The van der Waals surface area contributed by atoms with Crippen LogP contribution in [0.25, 0.3) is 0 Å². The zero-order valence-electron chi connectivity index (χ0n) is 13.5. The van der Waals surface area contributed by atoms with Crippen molar-refractivity contribution in [3.63, 3.8) is 0 Å². The Kier molecular flexibility index (Phi) is 6.64. The molecule has 5 heteroatoms. The smallest absolute Gasteiger partial charge is 0.222 e. The highest BCUT2D eigenvalue weighted by Gasteiger charge is 2.24. The van der Waals surface area contributed by atoms with Gasteiger partial charge in [-0.1, -0.05) is 48.5 Å². The highest BCUT2D eigenvalue weighted by Crippen LogP contribution is 2.21. The van der Waals surface area contributed by atoms with E-state index in [0.717, 1.165) is 24.1 Å². The van der Waals surface area contributed by atoms with Crippen LogP contribution in [0.1, 0.15) is 30.0 Å². The molecule has 4 nitrogen and oxygen atoms in total. The number of amides is 1. The largest absolute Gasteiger partial charge is 0.508 e. The van der Waals surface area contributed by atoms with Crippen LogP contribution in [-0.2, 0) is 11.3 Å². The summed E-state index contributed by atoms with van der Waals surface area (Å²) in [6.45, 7) is 2.06. The third-order valence-electron chi connectivity index (χ3n) is 4.31. The molecule has 1 aliphatic rings. The van der Waals surface area contributed by atoms with Crippen LogP contribution in [0.2, 0.25) is 0 Å². The summed E-state index contributed by atoms with van der Waals surface area (Å²) in [6, 6.07) is 17.5. The fraction of sp³-hybridized carbons (Fsp3) is 0.316. The number of benzene rings is 2. The Morgan fingerprint density at radius 3 is 2.46 bits per heavy atom. The van der Waals surface area contributed by atoms with E-state index in [1.807, 2.05) is 41.3 Å². The predicted octanol–water partition coefficient (Wildman–Crippen LogP) is 3.27. The standard InChI is InChI=1S/C19H22N2O2.ClH/c22-18-10-5-4-9-16(18)13-20-17(15-7-2-1-3-8-15)14-21-12-6-11-19(21)23;/h1-5,7-10,17,20,22H,6,11-14H2;1H. The zero-order valence-corrected chi connectivity index (χ0v) is 14.3. The second kappa shape index (κ2) is 8.71. The molecule has 0 aromatic heterocycles. The summed E-state index contributed by atoms with van der Waals surface area (Å²) >= 11 is 0. The van der Waals surface area contributed by atoms with E-state index in [9.17, 15) is 9.90 Å². The van der Waals surface area contributed by atoms with E-state index in [0.29, 0.717) is 25.3 Å². The van der Waals surface area contributed by atoms with E-state index in [-0.39, 0.29) is 24.4 Å². The predicted molar refractivity (Wildman–Crippen MR) is 97.2 cm³/mol. The maximum Gasteiger partial charge on any atom is 0.222 e. The Balaban J connectivity index is 0.00000208. The molecular weight excluding hydrogens is 324 g/mol. The Morgan fingerprint density at radius 1 is 1.08 bits per heavy atom. The van der Waals surface area contributed by atoms with Crippen LogP contribution in [-0.4, -0.2) is 29.0 Å². The Hall–Kier alpha value is -2.04. The molecule has 1 amide bonds. The number of carbonyl (C=O) groups excluding carboxylic acids is 1. The Morgan fingerprint density at radius 2 is 1.79 bits per heavy atom. The van der Waals surface area contributed by atoms with Crippen molar-refractivity contribution in [2.45, 2.75) is 25.4 Å². The number of para-hydroxylation sites is 1. The summed E-state index contributed by atoms with van der Waals surface area (Å²) in [5, 5.41) is 13.4. The molecule has 3 rings (SSSR count). The lowest BCUT2D eigenvalue weighted by Crippen LogP contribution is -2.35. The molecular formula is C19H23ClN2O2. The van der Waals surface area contributed by atoms with Crippen LogP contribution >= 0.6 is 12.4 Å². The fourth-order valence-corrected chi connectivity index (χ4v) is 2.98. The van der Waals surface area contributed by atoms with E-state index >= 15 is 0 Å². The van der Waals surface area contributed by atoms with Crippen molar-refractivity contribution >= 4 is 18.3 Å². The number of nitrogens with one attached hydrogen (secondary N) is 1. The SMILES string of the molecule is Cl.O=C1CCCN1CC(NCc1ccccc1O)c1ccccc1. The highest BCUT2D eigenvalue weighted by molar-refractivity contribution is 5.85. The Bertz CT molecular complexity index is 663. The molecule has 1 aliphatic heterocycles. The topological polar surface area (TPSA) is 52.6 Å². The van der Waals surface area contributed by atoms with E-state index < -0.39 is 0 Å². The van der Waals surface area contributed by atoms with E-state index in [2.05, 4.69) is 17.4 Å². The summed E-state index contributed by atoms with van der Waals surface area (Å²) in [7, 11) is 0. The van der Waals surface area contributed by atoms with E-state index in [1.54, 1.807) is 6.07 Å². The van der Waals surface area contributed by atoms with E-state index in [1.165, 1.54) is 0 Å². The van der Waals surface area contributed by atoms with Crippen molar-refractivity contribution in [3.8, 4) is 5.75 Å². The van der Waals surface area contributed by atoms with Gasteiger partial charge in [-0.2, -0.15) is 0 Å². The number of hydrogen-bond donors (Lipinski definition) is 2. The normalized spacial score (nSPS) is 15.2. The number of phenols is 1. The lowest BCUT2D eigenvalue weighted by Gasteiger charge is -2.25. The van der Waals surface area contributed by atoms with Gasteiger partial charge < -0.3 is 15.3 Å². The van der Waals surface area contributed by atoms with Gasteiger partial charge in [0.25, 0.3) is 0 Å². The highest BCUT2D eigenvalue weighted by atomic mass is 35.5. The molecule has 24 heavy (non-hydrogen) atoms. The van der Waals surface area contributed by atoms with Crippen molar-refractivity contribution in [1.29, 1.82) is 0 Å². The minimum atomic E-state index is 0. The molecule has 0 saturated carbocycles. The van der Waals surface area contributed by atoms with Crippen molar-refractivity contribution in [1.82, 2.24) is 10.2 Å². The molecule has 0 spiro atoms. The second-order valence-electron chi connectivity index (χ2n) is 5.92. The zero-order chi connectivity index (χ0) is 16.1. The van der Waals surface area contributed by atoms with Gasteiger partial charge in [0.2, 0.25) is 5.91 Å². The average molecular weight is 347 g/mol. The van der Waals surface area contributed by atoms with E-state index in [4.69, 9.17) is 0 Å². The third-order valence-corrected chi connectivity index (χ3v) is 4.31. The number of nitrogens with zero attached hydrogens (tertiary/aromatic N) is 1. The molecule has 1 unspecified atom stereocenters. The summed E-state index contributed by atoms with van der Waals surface area (Å²) in [6.07, 6.45) is 1.60. The van der Waals surface area contributed by atoms with Gasteiger partial charge >= 0.3 is 0 Å². The molecule has 0 bridgehead atoms. The monoisotopic (exact) mass is 346 g/mol. The number of hydrogen-bond acceptors (Lipinski definition) is 3. The molecule has 128 valence electrons. The summed E-state index contributed by atoms with van der Waals surface area (Å²) < 4.78 is 0. The average Bonchev–Trinajstić information content (AvgIpc) is 2.98. The maximum absolute atomic E-state index is 11.9. The van der Waals surface area contributed by atoms with Crippen molar-refractivity contribution in [2.24, 2.45) is 0 Å². The molecule has 1 saturated heterocycles. The van der Waals surface area contributed by atoms with Crippen molar-refractivity contribution < 1.29 is 9.90 Å². The molecule has 0 aliphatic carbocycles. The Labute approximate surface area is 148 Å². The summed E-state index contributed by atoms with van der Waals surface area (Å²) in [5.41, 5.74) is 2.02. The molecule has 1 fully saturated rings. The maximum atomic E-state index is 11.9. The number of carbonyl (C=O) groups is 1. The van der Waals surface area contributed by atoms with Crippen LogP contribution in [0, 0.1) is 0 Å².